The van der Waals surface area contributed by atoms with Crippen LogP contribution in [0.1, 0.15) is 54.9 Å². The minimum atomic E-state index is -1.41. The molecule has 5 aromatic rings. The van der Waals surface area contributed by atoms with Crippen LogP contribution in [0.3, 0.4) is 0 Å². The van der Waals surface area contributed by atoms with Gasteiger partial charge < -0.3 is 29.3 Å². The first-order valence-corrected chi connectivity index (χ1v) is 17.6. The van der Waals surface area contributed by atoms with Gasteiger partial charge in [-0.25, -0.2) is 0 Å². The van der Waals surface area contributed by atoms with Gasteiger partial charge in [-0.1, -0.05) is 44.2 Å². The molecule has 2 atom stereocenters. The number of para-hydroxylation sites is 4. The molecule has 0 saturated carbocycles. The first-order chi connectivity index (χ1) is 24.9. The van der Waals surface area contributed by atoms with Gasteiger partial charge in [0, 0.05) is 16.5 Å². The van der Waals surface area contributed by atoms with E-state index in [1.54, 1.807) is 67.8 Å². The standard InChI is InChI=1S/C38H41N5O7S2/c1-38(2)17-10-18-41(21-38)20-23-19-22(15-16-26(23)48-3)29(30-32(44)39-36(51)42(34(30)46)24-11-6-8-13-27(24)49-4)31-33(45)40-37(52)43(35(31)47)25-12-7-9-14-28(25)50-5/h6-9,11-16,19,29,46-47H,10,17-18,20-21H2,1-5H3,(H,39,44,51)(H,40,45,52). The van der Waals surface area contributed by atoms with Gasteiger partial charge in [0.25, 0.3) is 11.1 Å². The van der Waals surface area contributed by atoms with E-state index in [1.165, 1.54) is 23.7 Å². The fourth-order valence-corrected chi connectivity index (χ4v) is 7.89. The van der Waals surface area contributed by atoms with Crippen molar-refractivity contribution in [3.63, 3.8) is 0 Å². The zero-order valence-electron chi connectivity index (χ0n) is 29.6. The van der Waals surface area contributed by atoms with E-state index in [1.807, 2.05) is 6.07 Å². The molecule has 1 aliphatic heterocycles. The van der Waals surface area contributed by atoms with Crippen molar-refractivity contribution in [3.05, 3.63) is 119 Å². The number of aromatic nitrogens is 4. The molecule has 0 spiro atoms. The van der Waals surface area contributed by atoms with Crippen molar-refractivity contribution in [2.45, 2.75) is 39.2 Å². The Kier molecular flexibility index (Phi) is 10.4. The van der Waals surface area contributed by atoms with Gasteiger partial charge in [0.15, 0.2) is 9.54 Å². The van der Waals surface area contributed by atoms with Crippen LogP contribution in [0.25, 0.3) is 11.4 Å². The molecular weight excluding hydrogens is 703 g/mol. The van der Waals surface area contributed by atoms with Crippen LogP contribution in [0.15, 0.2) is 76.3 Å². The van der Waals surface area contributed by atoms with Crippen LogP contribution >= 0.6 is 24.4 Å². The van der Waals surface area contributed by atoms with Crippen molar-refractivity contribution >= 4 is 24.4 Å². The molecule has 1 fully saturated rings. The van der Waals surface area contributed by atoms with E-state index >= 15 is 0 Å². The van der Waals surface area contributed by atoms with Crippen LogP contribution in [-0.4, -0.2) is 58.6 Å². The zero-order chi connectivity index (χ0) is 37.3. The third kappa shape index (κ3) is 6.88. The maximum Gasteiger partial charge on any atom is 0.259 e. The molecule has 0 bridgehead atoms. The van der Waals surface area contributed by atoms with Gasteiger partial charge in [0.1, 0.15) is 23.8 Å². The number of rotatable bonds is 10. The molecule has 52 heavy (non-hydrogen) atoms. The first-order valence-electron chi connectivity index (χ1n) is 16.8. The van der Waals surface area contributed by atoms with Crippen molar-refractivity contribution in [2.75, 3.05) is 34.4 Å². The number of likely N-dealkylation sites (tertiary alicyclic amines) is 1. The minimum Gasteiger partial charge on any atom is -0.859 e. The second kappa shape index (κ2) is 14.8. The third-order valence-electron chi connectivity index (χ3n) is 9.64. The zero-order valence-corrected chi connectivity index (χ0v) is 31.2. The maximum absolute atomic E-state index is 14.8. The van der Waals surface area contributed by atoms with Gasteiger partial charge in [0.05, 0.1) is 57.3 Å². The number of aromatic amines is 2. The molecule has 14 heteroatoms. The van der Waals surface area contributed by atoms with Gasteiger partial charge in [-0.3, -0.25) is 28.7 Å². The molecule has 6 rings (SSSR count). The Morgan fingerprint density at radius 1 is 0.846 bits per heavy atom. The van der Waals surface area contributed by atoms with Gasteiger partial charge in [-0.15, -0.1) is 0 Å². The Balaban J connectivity index is 1.68. The third-order valence-corrected chi connectivity index (χ3v) is 10.2. The van der Waals surface area contributed by atoms with Crippen molar-refractivity contribution in [2.24, 2.45) is 5.41 Å². The lowest BCUT2D eigenvalue weighted by atomic mass is 9.83. The number of nitrogens with zero attached hydrogens (tertiary/aromatic N) is 2. The summed E-state index contributed by atoms with van der Waals surface area (Å²) in [6.45, 7) is 7.00. The summed E-state index contributed by atoms with van der Waals surface area (Å²) in [6, 6.07) is 18.8. The number of quaternary nitrogens is 1. The Morgan fingerprint density at radius 2 is 1.40 bits per heavy atom. The Morgan fingerprint density at radius 3 is 2.00 bits per heavy atom. The number of aromatic hydroxyl groups is 1. The Hall–Kier alpha value is -5.18. The second-order valence-corrected chi connectivity index (χ2v) is 14.4. The second-order valence-electron chi connectivity index (χ2n) is 13.6. The SMILES string of the molecule is COc1ccc(C(c2c([O-])n(-c3ccccc3OC)c(=S)[nH]c2=O)c2c(O)n(-c3ccccc3OC)c(=S)[nH]c2=O)cc1C[NH+]1CCCC(C)(C)C1. The summed E-state index contributed by atoms with van der Waals surface area (Å²) < 4.78 is 19.0. The average Bonchev–Trinajstić information content (AvgIpc) is 3.10. The van der Waals surface area contributed by atoms with Gasteiger partial charge in [-0.2, -0.15) is 0 Å². The summed E-state index contributed by atoms with van der Waals surface area (Å²) >= 11 is 11.1. The first kappa shape index (κ1) is 36.6. The predicted octanol–water partition coefficient (Wildman–Crippen LogP) is 4.29. The number of hydrogen-bond donors (Lipinski definition) is 4. The molecule has 0 radical (unpaired) electrons. The molecule has 1 aliphatic rings. The van der Waals surface area contributed by atoms with Crippen molar-refractivity contribution in [1.82, 2.24) is 19.1 Å². The molecule has 0 aliphatic carbocycles. The fraction of sp³-hybridized carbons (Fsp3) is 0.316. The molecule has 272 valence electrons. The van der Waals surface area contributed by atoms with E-state index < -0.39 is 28.8 Å². The van der Waals surface area contributed by atoms with Gasteiger partial charge in [0.2, 0.25) is 5.88 Å². The van der Waals surface area contributed by atoms with Crippen LogP contribution in [0, 0.1) is 15.0 Å². The molecule has 1 saturated heterocycles. The lowest BCUT2D eigenvalue weighted by Gasteiger charge is -2.35. The molecule has 2 aromatic heterocycles. The van der Waals surface area contributed by atoms with Crippen molar-refractivity contribution in [1.29, 1.82) is 0 Å². The Labute approximate surface area is 310 Å². The average molecular weight is 744 g/mol. The highest BCUT2D eigenvalue weighted by Crippen LogP contribution is 2.40. The minimum absolute atomic E-state index is 0.123. The Bertz CT molecular complexity index is 2250. The van der Waals surface area contributed by atoms with Crippen LogP contribution in [0.4, 0.5) is 0 Å². The molecule has 2 unspecified atom stereocenters. The van der Waals surface area contributed by atoms with E-state index in [-0.39, 0.29) is 31.8 Å². The van der Waals surface area contributed by atoms with Crippen molar-refractivity contribution < 1.29 is 29.3 Å². The molecule has 3 aromatic carbocycles. The molecular formula is C38H41N5O7S2. The van der Waals surface area contributed by atoms with E-state index in [9.17, 15) is 19.8 Å². The van der Waals surface area contributed by atoms with Gasteiger partial charge in [-0.05, 0) is 85.1 Å². The van der Waals surface area contributed by atoms with E-state index in [0.29, 0.717) is 35.0 Å². The summed E-state index contributed by atoms with van der Waals surface area (Å²) in [5.74, 6) is -1.49. The monoisotopic (exact) mass is 743 g/mol. The van der Waals surface area contributed by atoms with E-state index in [0.717, 1.165) is 36.1 Å². The van der Waals surface area contributed by atoms with E-state index in [4.69, 9.17) is 38.6 Å². The highest BCUT2D eigenvalue weighted by Gasteiger charge is 2.33. The quantitative estimate of drug-likeness (QED) is 0.154. The van der Waals surface area contributed by atoms with Crippen LogP contribution in [0.2, 0.25) is 0 Å². The van der Waals surface area contributed by atoms with Crippen LogP contribution in [-0.2, 0) is 6.54 Å². The fourth-order valence-electron chi connectivity index (χ4n) is 7.34. The lowest BCUT2D eigenvalue weighted by molar-refractivity contribution is -0.925. The number of methoxy groups -OCH3 is 3. The smallest absolute Gasteiger partial charge is 0.259 e. The summed E-state index contributed by atoms with van der Waals surface area (Å²) in [4.78, 5) is 34.9. The summed E-state index contributed by atoms with van der Waals surface area (Å²) in [5, 5.41) is 26.9. The number of hydrogen-bond acceptors (Lipinski definition) is 9. The summed E-state index contributed by atoms with van der Waals surface area (Å²) in [6.07, 6.45) is 2.20. The number of ether oxygens (including phenoxy) is 3. The summed E-state index contributed by atoms with van der Waals surface area (Å²) in [5.41, 5.74) is -0.278. The number of piperidine rings is 1. The van der Waals surface area contributed by atoms with Gasteiger partial charge >= 0.3 is 0 Å². The van der Waals surface area contributed by atoms with E-state index in [2.05, 4.69) is 23.8 Å². The normalized spacial score (nSPS) is 15.9. The van der Waals surface area contributed by atoms with Crippen LogP contribution < -0.4 is 35.3 Å². The molecule has 4 N–H and O–H groups in total. The van der Waals surface area contributed by atoms with Crippen LogP contribution in [0.5, 0.6) is 29.0 Å². The number of nitrogens with one attached hydrogen (secondary N) is 3. The highest BCUT2D eigenvalue weighted by molar-refractivity contribution is 7.71. The summed E-state index contributed by atoms with van der Waals surface area (Å²) in [7, 11) is 4.51. The maximum atomic E-state index is 14.8. The molecule has 3 heterocycles. The largest absolute Gasteiger partial charge is 0.859 e. The lowest BCUT2D eigenvalue weighted by Crippen LogP contribution is -3.13. The molecule has 0 amide bonds. The number of benzene rings is 3. The number of H-pyrrole nitrogens is 2. The topological polar surface area (TPSA) is 151 Å². The molecule has 12 nitrogen and oxygen atoms in total. The predicted molar refractivity (Wildman–Crippen MR) is 200 cm³/mol. The highest BCUT2D eigenvalue weighted by atomic mass is 32.1. The van der Waals surface area contributed by atoms with Crippen molar-refractivity contribution in [3.8, 4) is 40.4 Å².